The Morgan fingerprint density at radius 1 is 1.00 bits per heavy atom. The van der Waals surface area contributed by atoms with Crippen LogP contribution in [0.25, 0.3) is 0 Å². The summed E-state index contributed by atoms with van der Waals surface area (Å²) in [6.45, 7) is 6.79. The molecule has 0 bridgehead atoms. The SMILES string of the molecule is Cc1ccc(C)c(S(=O)(=O)N2CCN(C3CCCC3)CC2)c1. The fourth-order valence-electron chi connectivity index (χ4n) is 3.70. The molecular formula is C17H26N2O2S. The van der Waals surface area contributed by atoms with Gasteiger partial charge in [-0.2, -0.15) is 4.31 Å². The number of rotatable bonds is 3. The number of benzene rings is 1. The van der Waals surface area contributed by atoms with Gasteiger partial charge in [0.05, 0.1) is 4.90 Å². The molecule has 2 fully saturated rings. The lowest BCUT2D eigenvalue weighted by molar-refractivity contribution is 0.139. The fourth-order valence-corrected chi connectivity index (χ4v) is 5.43. The maximum atomic E-state index is 12.9. The van der Waals surface area contributed by atoms with Gasteiger partial charge in [-0.25, -0.2) is 8.42 Å². The summed E-state index contributed by atoms with van der Waals surface area (Å²) in [5.74, 6) is 0. The molecule has 2 aliphatic rings. The number of hydrogen-bond donors (Lipinski definition) is 0. The maximum Gasteiger partial charge on any atom is 0.243 e. The van der Waals surface area contributed by atoms with E-state index in [0.717, 1.165) is 24.2 Å². The summed E-state index contributed by atoms with van der Waals surface area (Å²) in [4.78, 5) is 2.96. The molecule has 0 amide bonds. The minimum Gasteiger partial charge on any atom is -0.298 e. The highest BCUT2D eigenvalue weighted by molar-refractivity contribution is 7.89. The highest BCUT2D eigenvalue weighted by Gasteiger charge is 2.32. The Morgan fingerprint density at radius 3 is 2.27 bits per heavy atom. The normalized spacial score (nSPS) is 22.3. The van der Waals surface area contributed by atoms with E-state index >= 15 is 0 Å². The Kier molecular flexibility index (Phi) is 4.57. The van der Waals surface area contributed by atoms with Crippen LogP contribution in [0.3, 0.4) is 0 Å². The van der Waals surface area contributed by atoms with Crippen molar-refractivity contribution in [1.29, 1.82) is 0 Å². The standard InChI is InChI=1S/C17H26N2O2S/c1-14-7-8-15(2)17(13-14)22(20,21)19-11-9-18(10-12-19)16-5-3-4-6-16/h7-8,13,16H,3-6,9-12H2,1-2H3. The predicted octanol–water partition coefficient (Wildman–Crippen LogP) is 2.55. The van der Waals surface area contributed by atoms with Crippen molar-refractivity contribution in [3.05, 3.63) is 29.3 Å². The molecule has 122 valence electrons. The molecule has 1 heterocycles. The molecule has 22 heavy (non-hydrogen) atoms. The summed E-state index contributed by atoms with van der Waals surface area (Å²) in [6, 6.07) is 6.35. The molecule has 0 spiro atoms. The molecule has 0 unspecified atom stereocenters. The number of nitrogens with zero attached hydrogens (tertiary/aromatic N) is 2. The molecule has 3 rings (SSSR count). The molecule has 1 saturated carbocycles. The van der Waals surface area contributed by atoms with Gasteiger partial charge in [-0.05, 0) is 43.9 Å². The van der Waals surface area contributed by atoms with Crippen LogP contribution in [0.1, 0.15) is 36.8 Å². The first-order valence-corrected chi connectivity index (χ1v) is 9.74. The van der Waals surface area contributed by atoms with E-state index in [-0.39, 0.29) is 0 Å². The van der Waals surface area contributed by atoms with Crippen LogP contribution in [-0.2, 0) is 10.0 Å². The average molecular weight is 322 g/mol. The van der Waals surface area contributed by atoms with Crippen molar-refractivity contribution in [2.75, 3.05) is 26.2 Å². The van der Waals surface area contributed by atoms with Crippen molar-refractivity contribution in [2.45, 2.75) is 50.5 Å². The molecule has 1 aromatic rings. The van der Waals surface area contributed by atoms with Gasteiger partial charge in [0.15, 0.2) is 0 Å². The number of hydrogen-bond acceptors (Lipinski definition) is 3. The lowest BCUT2D eigenvalue weighted by Crippen LogP contribution is -2.51. The average Bonchev–Trinajstić information content (AvgIpc) is 3.04. The Morgan fingerprint density at radius 2 is 1.64 bits per heavy atom. The lowest BCUT2D eigenvalue weighted by Gasteiger charge is -2.37. The van der Waals surface area contributed by atoms with Crippen LogP contribution in [0.5, 0.6) is 0 Å². The zero-order chi connectivity index (χ0) is 15.7. The van der Waals surface area contributed by atoms with Crippen LogP contribution < -0.4 is 0 Å². The summed E-state index contributed by atoms with van der Waals surface area (Å²) in [7, 11) is -3.36. The van der Waals surface area contributed by atoms with Crippen molar-refractivity contribution in [3.63, 3.8) is 0 Å². The number of aryl methyl sites for hydroxylation is 2. The smallest absolute Gasteiger partial charge is 0.243 e. The quantitative estimate of drug-likeness (QED) is 0.859. The highest BCUT2D eigenvalue weighted by Crippen LogP contribution is 2.27. The highest BCUT2D eigenvalue weighted by atomic mass is 32.2. The molecule has 4 nitrogen and oxygen atoms in total. The van der Waals surface area contributed by atoms with Crippen LogP contribution in [0.4, 0.5) is 0 Å². The molecule has 1 aliphatic heterocycles. The molecule has 1 aliphatic carbocycles. The molecule has 0 N–H and O–H groups in total. The van der Waals surface area contributed by atoms with Crippen molar-refractivity contribution in [2.24, 2.45) is 0 Å². The molecule has 5 heteroatoms. The molecular weight excluding hydrogens is 296 g/mol. The summed E-state index contributed by atoms with van der Waals surface area (Å²) < 4.78 is 27.5. The number of sulfonamides is 1. The van der Waals surface area contributed by atoms with Crippen molar-refractivity contribution in [1.82, 2.24) is 9.21 Å². The Labute approximate surface area is 134 Å². The van der Waals surface area contributed by atoms with Crippen molar-refractivity contribution in [3.8, 4) is 0 Å². The first-order valence-electron chi connectivity index (χ1n) is 8.30. The fraction of sp³-hybridized carbons (Fsp3) is 0.647. The van der Waals surface area contributed by atoms with Gasteiger partial charge in [-0.1, -0.05) is 25.0 Å². The van der Waals surface area contributed by atoms with Gasteiger partial charge >= 0.3 is 0 Å². The minimum absolute atomic E-state index is 0.474. The van der Waals surface area contributed by atoms with Crippen LogP contribution in [0, 0.1) is 13.8 Å². The third kappa shape index (κ3) is 3.07. The minimum atomic E-state index is -3.36. The van der Waals surface area contributed by atoms with E-state index in [1.54, 1.807) is 10.4 Å². The van der Waals surface area contributed by atoms with E-state index in [1.807, 2.05) is 26.0 Å². The molecule has 0 atom stereocenters. The lowest BCUT2D eigenvalue weighted by atomic mass is 10.2. The van der Waals surface area contributed by atoms with Gasteiger partial charge in [-0.15, -0.1) is 0 Å². The first kappa shape index (κ1) is 16.0. The van der Waals surface area contributed by atoms with Crippen LogP contribution >= 0.6 is 0 Å². The summed E-state index contributed by atoms with van der Waals surface area (Å²) in [5.41, 5.74) is 1.83. The third-order valence-electron chi connectivity index (χ3n) is 5.08. The van der Waals surface area contributed by atoms with E-state index < -0.39 is 10.0 Å². The second kappa shape index (κ2) is 6.30. The number of piperazine rings is 1. The summed E-state index contributed by atoms with van der Waals surface area (Å²) in [6.07, 6.45) is 5.21. The van der Waals surface area contributed by atoms with Crippen LogP contribution in [0.2, 0.25) is 0 Å². The Balaban J connectivity index is 1.73. The molecule has 1 saturated heterocycles. The predicted molar refractivity (Wildman–Crippen MR) is 88.5 cm³/mol. The molecule has 0 radical (unpaired) electrons. The Hall–Kier alpha value is -0.910. The van der Waals surface area contributed by atoms with Gasteiger partial charge in [0.25, 0.3) is 0 Å². The van der Waals surface area contributed by atoms with E-state index in [0.29, 0.717) is 24.0 Å². The van der Waals surface area contributed by atoms with Gasteiger partial charge in [0.2, 0.25) is 10.0 Å². The zero-order valence-electron chi connectivity index (χ0n) is 13.6. The maximum absolute atomic E-state index is 12.9. The second-order valence-electron chi connectivity index (χ2n) is 6.65. The second-order valence-corrected chi connectivity index (χ2v) is 8.55. The Bertz CT molecular complexity index is 628. The monoisotopic (exact) mass is 322 g/mol. The first-order chi connectivity index (χ1) is 10.5. The van der Waals surface area contributed by atoms with E-state index in [1.165, 1.54) is 25.7 Å². The van der Waals surface area contributed by atoms with E-state index in [2.05, 4.69) is 4.90 Å². The summed E-state index contributed by atoms with van der Waals surface area (Å²) >= 11 is 0. The zero-order valence-corrected chi connectivity index (χ0v) is 14.4. The van der Waals surface area contributed by atoms with Crippen molar-refractivity contribution >= 4 is 10.0 Å². The topological polar surface area (TPSA) is 40.6 Å². The van der Waals surface area contributed by atoms with E-state index in [9.17, 15) is 8.42 Å². The van der Waals surface area contributed by atoms with Gasteiger partial charge in [-0.3, -0.25) is 4.90 Å². The van der Waals surface area contributed by atoms with Gasteiger partial charge in [0.1, 0.15) is 0 Å². The van der Waals surface area contributed by atoms with Crippen molar-refractivity contribution < 1.29 is 8.42 Å². The largest absolute Gasteiger partial charge is 0.298 e. The molecule has 1 aromatic carbocycles. The van der Waals surface area contributed by atoms with E-state index in [4.69, 9.17) is 0 Å². The van der Waals surface area contributed by atoms with Crippen LogP contribution in [0.15, 0.2) is 23.1 Å². The van der Waals surface area contributed by atoms with Gasteiger partial charge < -0.3 is 0 Å². The third-order valence-corrected chi connectivity index (χ3v) is 7.12. The summed E-state index contributed by atoms with van der Waals surface area (Å²) in [5, 5.41) is 0. The van der Waals surface area contributed by atoms with Gasteiger partial charge in [0, 0.05) is 32.2 Å². The van der Waals surface area contributed by atoms with Crippen LogP contribution in [-0.4, -0.2) is 49.8 Å². The molecule has 0 aromatic heterocycles.